The van der Waals surface area contributed by atoms with E-state index in [9.17, 15) is 9.18 Å². The Morgan fingerprint density at radius 1 is 1.16 bits per heavy atom. The Morgan fingerprint density at radius 3 is 2.81 bits per heavy atom. The lowest BCUT2D eigenvalue weighted by atomic mass is 10.2. The first-order valence-electron chi connectivity index (χ1n) is 9.22. The summed E-state index contributed by atoms with van der Waals surface area (Å²) >= 11 is 12.0. The van der Waals surface area contributed by atoms with E-state index in [2.05, 4.69) is 10.4 Å². The fraction of sp³-hybridized carbons (Fsp3) is 0.0909. The number of rotatable bonds is 7. The van der Waals surface area contributed by atoms with Gasteiger partial charge in [-0.1, -0.05) is 35.3 Å². The number of aromatic nitrogens is 2. The highest BCUT2D eigenvalue weighted by Crippen LogP contribution is 2.21. The predicted octanol–water partition coefficient (Wildman–Crippen LogP) is 5.80. The Bertz CT molecular complexity index is 1200. The number of hydrogen-bond acceptors (Lipinski definition) is 4. The molecule has 2 aromatic heterocycles. The third-order valence-electron chi connectivity index (χ3n) is 4.34. The summed E-state index contributed by atoms with van der Waals surface area (Å²) in [5.41, 5.74) is 0.756. The Balaban J connectivity index is 1.36. The fourth-order valence-corrected chi connectivity index (χ4v) is 3.24. The number of carbonyl (C=O) groups is 1. The molecule has 0 atom stereocenters. The minimum Gasteiger partial charge on any atom is -0.486 e. The van der Waals surface area contributed by atoms with Gasteiger partial charge in [0.2, 0.25) is 0 Å². The maximum absolute atomic E-state index is 13.9. The summed E-state index contributed by atoms with van der Waals surface area (Å²) in [4.78, 5) is 12.4. The summed E-state index contributed by atoms with van der Waals surface area (Å²) in [5, 5.41) is 7.69. The van der Waals surface area contributed by atoms with Crippen molar-refractivity contribution in [3.8, 4) is 5.75 Å². The second-order valence-corrected chi connectivity index (χ2v) is 7.44. The Hall–Kier alpha value is -3.29. The van der Waals surface area contributed by atoms with Crippen molar-refractivity contribution in [1.29, 1.82) is 0 Å². The number of nitrogens with one attached hydrogen (secondary N) is 1. The molecule has 0 spiro atoms. The van der Waals surface area contributed by atoms with Crippen LogP contribution in [-0.2, 0) is 13.2 Å². The lowest BCUT2D eigenvalue weighted by Gasteiger charge is -2.05. The van der Waals surface area contributed by atoms with Gasteiger partial charge in [0.15, 0.2) is 5.76 Å². The minimum absolute atomic E-state index is 0.120. The number of nitrogens with zero attached hydrogens (tertiary/aromatic N) is 2. The number of benzene rings is 2. The molecule has 9 heteroatoms. The Labute approximate surface area is 187 Å². The summed E-state index contributed by atoms with van der Waals surface area (Å²) in [6, 6.07) is 14.7. The van der Waals surface area contributed by atoms with Crippen molar-refractivity contribution in [3.05, 3.63) is 99.9 Å². The number of halogens is 3. The predicted molar refractivity (Wildman–Crippen MR) is 115 cm³/mol. The van der Waals surface area contributed by atoms with Gasteiger partial charge in [0.1, 0.15) is 23.9 Å². The first-order valence-corrected chi connectivity index (χ1v) is 9.97. The van der Waals surface area contributed by atoms with Gasteiger partial charge in [0.05, 0.1) is 18.4 Å². The molecule has 4 aromatic rings. The molecule has 0 aliphatic carbocycles. The largest absolute Gasteiger partial charge is 0.486 e. The van der Waals surface area contributed by atoms with Gasteiger partial charge in [-0.3, -0.25) is 9.48 Å². The normalized spacial score (nSPS) is 10.8. The quantitative estimate of drug-likeness (QED) is 0.379. The first kappa shape index (κ1) is 21.0. The van der Waals surface area contributed by atoms with Crippen LogP contribution in [0.4, 0.5) is 10.1 Å². The number of carbonyl (C=O) groups excluding carboxylic acids is 1. The van der Waals surface area contributed by atoms with Crippen LogP contribution in [0.15, 0.2) is 71.4 Å². The Morgan fingerprint density at radius 2 is 2.00 bits per heavy atom. The SMILES string of the molecule is O=C(Nc1cnn(Cc2c(F)cccc2Cl)c1)c1ccc(COc2cccc(Cl)c2)o1. The molecule has 2 heterocycles. The summed E-state index contributed by atoms with van der Waals surface area (Å²) in [7, 11) is 0. The van der Waals surface area contributed by atoms with Gasteiger partial charge in [-0.2, -0.15) is 5.10 Å². The van der Waals surface area contributed by atoms with Crippen molar-refractivity contribution in [2.24, 2.45) is 0 Å². The molecule has 6 nitrogen and oxygen atoms in total. The molecule has 0 unspecified atom stereocenters. The van der Waals surface area contributed by atoms with E-state index in [4.69, 9.17) is 32.4 Å². The third-order valence-corrected chi connectivity index (χ3v) is 4.92. The van der Waals surface area contributed by atoms with E-state index in [1.165, 1.54) is 23.0 Å². The first-order chi connectivity index (χ1) is 15.0. The molecule has 1 N–H and O–H groups in total. The third kappa shape index (κ3) is 5.25. The van der Waals surface area contributed by atoms with Crippen molar-refractivity contribution in [2.75, 3.05) is 5.32 Å². The summed E-state index contributed by atoms with van der Waals surface area (Å²) in [6.07, 6.45) is 3.03. The van der Waals surface area contributed by atoms with Gasteiger partial charge in [0, 0.05) is 21.8 Å². The van der Waals surface area contributed by atoms with Crippen LogP contribution >= 0.6 is 23.2 Å². The van der Waals surface area contributed by atoms with E-state index in [1.54, 1.807) is 48.7 Å². The second-order valence-electron chi connectivity index (χ2n) is 6.59. The Kier molecular flexibility index (Phi) is 6.25. The molecule has 4 rings (SSSR count). The highest BCUT2D eigenvalue weighted by molar-refractivity contribution is 6.31. The lowest BCUT2D eigenvalue weighted by Crippen LogP contribution is -2.10. The van der Waals surface area contributed by atoms with Gasteiger partial charge in [-0.05, 0) is 42.5 Å². The minimum atomic E-state index is -0.447. The average molecular weight is 460 g/mol. The zero-order valence-electron chi connectivity index (χ0n) is 16.0. The molecule has 31 heavy (non-hydrogen) atoms. The smallest absolute Gasteiger partial charge is 0.291 e. The molecule has 0 aliphatic heterocycles. The van der Waals surface area contributed by atoms with Crippen LogP contribution < -0.4 is 10.1 Å². The standard InChI is InChI=1S/C22H16Cl2FN3O3/c23-14-3-1-4-16(9-14)30-13-17-7-8-21(31-17)22(29)27-15-10-26-28(11-15)12-18-19(24)5-2-6-20(18)25/h1-11H,12-13H2,(H,27,29). The molecule has 0 aliphatic rings. The number of hydrogen-bond donors (Lipinski definition) is 1. The zero-order chi connectivity index (χ0) is 21.8. The topological polar surface area (TPSA) is 69.3 Å². The molecule has 0 fully saturated rings. The van der Waals surface area contributed by atoms with E-state index in [0.717, 1.165) is 0 Å². The molecule has 1 amide bonds. The van der Waals surface area contributed by atoms with Crippen LogP contribution in [0, 0.1) is 5.82 Å². The van der Waals surface area contributed by atoms with E-state index >= 15 is 0 Å². The van der Waals surface area contributed by atoms with Gasteiger partial charge in [0.25, 0.3) is 5.91 Å². The van der Waals surface area contributed by atoms with E-state index in [0.29, 0.717) is 32.8 Å². The molecule has 0 radical (unpaired) electrons. The highest BCUT2D eigenvalue weighted by atomic mass is 35.5. The van der Waals surface area contributed by atoms with Crippen LogP contribution in [0.25, 0.3) is 0 Å². The highest BCUT2D eigenvalue weighted by Gasteiger charge is 2.14. The molecule has 0 bridgehead atoms. The van der Waals surface area contributed by atoms with Gasteiger partial charge in [-0.15, -0.1) is 0 Å². The van der Waals surface area contributed by atoms with Gasteiger partial charge >= 0.3 is 0 Å². The van der Waals surface area contributed by atoms with Gasteiger partial charge in [-0.25, -0.2) is 4.39 Å². The average Bonchev–Trinajstić information content (AvgIpc) is 3.39. The van der Waals surface area contributed by atoms with Crippen LogP contribution in [0.1, 0.15) is 21.9 Å². The molecule has 158 valence electrons. The number of amides is 1. The van der Waals surface area contributed by atoms with Crippen molar-refractivity contribution < 1.29 is 18.3 Å². The zero-order valence-corrected chi connectivity index (χ0v) is 17.5. The van der Waals surface area contributed by atoms with Crippen LogP contribution in [0.5, 0.6) is 5.75 Å². The number of ether oxygens (including phenoxy) is 1. The van der Waals surface area contributed by atoms with E-state index in [1.807, 2.05) is 0 Å². The molecular weight excluding hydrogens is 444 g/mol. The molecular formula is C22H16Cl2FN3O3. The van der Waals surface area contributed by atoms with Crippen LogP contribution in [0.2, 0.25) is 10.0 Å². The van der Waals surface area contributed by atoms with Crippen molar-refractivity contribution in [1.82, 2.24) is 9.78 Å². The van der Waals surface area contributed by atoms with Gasteiger partial charge < -0.3 is 14.5 Å². The molecule has 2 aromatic carbocycles. The van der Waals surface area contributed by atoms with Crippen molar-refractivity contribution in [3.63, 3.8) is 0 Å². The summed E-state index contributed by atoms with van der Waals surface area (Å²) in [6.45, 7) is 0.280. The second kappa shape index (κ2) is 9.24. The summed E-state index contributed by atoms with van der Waals surface area (Å²) in [5.74, 6) is 0.330. The van der Waals surface area contributed by atoms with E-state index < -0.39 is 11.7 Å². The molecule has 0 saturated carbocycles. The van der Waals surface area contributed by atoms with E-state index in [-0.39, 0.29) is 18.9 Å². The van der Waals surface area contributed by atoms with Crippen LogP contribution in [0.3, 0.4) is 0 Å². The lowest BCUT2D eigenvalue weighted by molar-refractivity contribution is 0.0992. The fourth-order valence-electron chi connectivity index (χ4n) is 2.84. The molecule has 0 saturated heterocycles. The van der Waals surface area contributed by atoms with Crippen LogP contribution in [-0.4, -0.2) is 15.7 Å². The maximum Gasteiger partial charge on any atom is 0.291 e. The maximum atomic E-state index is 13.9. The number of furan rings is 1. The number of anilines is 1. The summed E-state index contributed by atoms with van der Waals surface area (Å²) < 4.78 is 26.6. The van der Waals surface area contributed by atoms with Crippen molar-refractivity contribution in [2.45, 2.75) is 13.2 Å². The monoisotopic (exact) mass is 459 g/mol. The van der Waals surface area contributed by atoms with Crippen molar-refractivity contribution >= 4 is 34.8 Å².